The van der Waals surface area contributed by atoms with Gasteiger partial charge in [-0.1, -0.05) is 6.92 Å². The second-order valence-electron chi connectivity index (χ2n) is 18.8. The van der Waals surface area contributed by atoms with E-state index in [2.05, 4.69) is 57.5 Å². The van der Waals surface area contributed by atoms with E-state index in [-0.39, 0.29) is 17.1 Å². The lowest BCUT2D eigenvalue weighted by atomic mass is 10.2. The number of primary amides is 3. The van der Waals surface area contributed by atoms with Crippen LogP contribution in [0.25, 0.3) is 101 Å². The highest BCUT2D eigenvalue weighted by atomic mass is 16.2. The maximum Gasteiger partial charge on any atom is 0.267 e. The minimum atomic E-state index is -0.592. The van der Waals surface area contributed by atoms with Gasteiger partial charge in [0.15, 0.2) is 17.5 Å². The topological polar surface area (TPSA) is 328 Å². The van der Waals surface area contributed by atoms with Crippen LogP contribution in [0, 0.1) is 6.92 Å². The number of aryl methyl sites for hydroxylation is 10. The van der Waals surface area contributed by atoms with Crippen molar-refractivity contribution in [1.82, 2.24) is 102 Å². The van der Waals surface area contributed by atoms with Crippen molar-refractivity contribution in [2.45, 2.75) is 40.3 Å². The van der Waals surface area contributed by atoms with Gasteiger partial charge in [0, 0.05) is 132 Å². The molecule has 0 aliphatic carbocycles. The molecule has 12 rings (SSSR count). The highest BCUT2D eigenvalue weighted by Gasteiger charge is 2.23. The molecule has 0 saturated heterocycles. The molecule has 0 fully saturated rings. The molecule has 6 N–H and O–H groups in total. The Labute approximate surface area is 450 Å². The standard InChI is InChI=1S/2C18H20N8O.C16H16N8O/c1-5-26-8-12(10(2)23-26)14-9-24(3)18(22-14)16-11-7-20-25(4)15(11)6-13(21-16)17(19)27;1-4-5-26-9-11(7-21-26)14-10-24(2)18(23-14)16-12-8-20-25(3)15(12)6-13(22-16)17(19)27;1-22-8-12(9-5-18-23(2)7-9)21-16(22)14-10-6-19-24(3)13(10)4-11(20-14)15(17)25/h6-9H,5H2,1-4H3,(H2,19,27);6-10H,4-5H2,1-3H3,(H2,19,27);4-8H,1-3H3,(H2,17,25). The number of hydrogen-bond acceptors (Lipinski definition) is 15. The number of carbonyl (C=O) groups is 3. The molecule has 0 aliphatic rings. The third-order valence-corrected chi connectivity index (χ3v) is 13.2. The van der Waals surface area contributed by atoms with E-state index >= 15 is 0 Å². The lowest BCUT2D eigenvalue weighted by Gasteiger charge is -2.05. The van der Waals surface area contributed by atoms with Crippen molar-refractivity contribution in [2.24, 2.45) is 66.5 Å². The molecule has 0 saturated carbocycles. The summed E-state index contributed by atoms with van der Waals surface area (Å²) < 4.78 is 16.2. The van der Waals surface area contributed by atoms with E-state index in [1.54, 1.807) is 75.0 Å². The molecule has 3 amide bonds. The average molecular weight is 1070 g/mol. The maximum atomic E-state index is 11.7. The average Bonchev–Trinajstić information content (AvgIpc) is 4.49. The zero-order valence-corrected chi connectivity index (χ0v) is 45.1. The van der Waals surface area contributed by atoms with Gasteiger partial charge in [-0.05, 0) is 38.5 Å². The predicted molar refractivity (Wildman–Crippen MR) is 293 cm³/mol. The zero-order valence-electron chi connectivity index (χ0n) is 45.1. The summed E-state index contributed by atoms with van der Waals surface area (Å²) in [5.74, 6) is 0.124. The maximum absolute atomic E-state index is 11.7. The predicted octanol–water partition coefficient (Wildman–Crippen LogP) is 4.27. The van der Waals surface area contributed by atoms with E-state index in [9.17, 15) is 14.4 Å². The zero-order chi connectivity index (χ0) is 56.1. The Hall–Kier alpha value is -10.5. The Morgan fingerprint density at radius 3 is 1.25 bits per heavy atom. The number of carbonyl (C=O) groups excluding carboxylic acids is 3. The molecule has 0 unspecified atom stereocenters. The van der Waals surface area contributed by atoms with Crippen molar-refractivity contribution in [2.75, 3.05) is 0 Å². The molecule has 12 aromatic heterocycles. The van der Waals surface area contributed by atoms with Crippen molar-refractivity contribution in [3.63, 3.8) is 0 Å². The Balaban J connectivity index is 0.000000134. The Morgan fingerprint density at radius 1 is 0.468 bits per heavy atom. The first-order valence-electron chi connectivity index (χ1n) is 24.9. The van der Waals surface area contributed by atoms with Gasteiger partial charge in [0.25, 0.3) is 17.7 Å². The molecule has 0 aromatic carbocycles. The number of nitrogens with zero attached hydrogens (tertiary/aromatic N) is 21. The summed E-state index contributed by atoms with van der Waals surface area (Å²) in [4.78, 5) is 62.7. The number of fused-ring (bicyclic) bond motifs is 3. The Kier molecular flexibility index (Phi) is 13.5. The smallest absolute Gasteiger partial charge is 0.267 e. The van der Waals surface area contributed by atoms with Crippen LogP contribution in [0.15, 0.2) is 86.4 Å². The fourth-order valence-electron chi connectivity index (χ4n) is 9.12. The van der Waals surface area contributed by atoms with Crippen LogP contribution in [-0.4, -0.2) is 120 Å². The molecule has 12 aromatic rings. The summed E-state index contributed by atoms with van der Waals surface area (Å²) in [6.45, 7) is 7.76. The molecule has 12 heterocycles. The molecule has 79 heavy (non-hydrogen) atoms. The monoisotopic (exact) mass is 1060 g/mol. The molecule has 27 nitrogen and oxygen atoms in total. The number of hydrogen-bond donors (Lipinski definition) is 3. The summed E-state index contributed by atoms with van der Waals surface area (Å²) >= 11 is 0. The van der Waals surface area contributed by atoms with E-state index in [0.29, 0.717) is 34.6 Å². The van der Waals surface area contributed by atoms with Crippen LogP contribution in [0.3, 0.4) is 0 Å². The highest BCUT2D eigenvalue weighted by molar-refractivity contribution is 6.01. The van der Waals surface area contributed by atoms with E-state index in [0.717, 1.165) is 91.7 Å². The molecule has 0 spiro atoms. The van der Waals surface area contributed by atoms with Crippen molar-refractivity contribution >= 4 is 50.4 Å². The van der Waals surface area contributed by atoms with Gasteiger partial charge < -0.3 is 30.9 Å². The van der Waals surface area contributed by atoms with Gasteiger partial charge in [0.2, 0.25) is 0 Å². The molecule has 0 radical (unpaired) electrons. The quantitative estimate of drug-likeness (QED) is 0.154. The molecule has 402 valence electrons. The molecule has 27 heteroatoms. The number of aromatic nitrogens is 21. The lowest BCUT2D eigenvalue weighted by molar-refractivity contribution is 0.0987. The third kappa shape index (κ3) is 9.86. The second kappa shape index (κ2) is 20.6. The van der Waals surface area contributed by atoms with Gasteiger partial charge in [-0.3, -0.25) is 42.5 Å². The van der Waals surface area contributed by atoms with E-state index in [1.165, 1.54) is 0 Å². The molecular formula is C52H56N24O3. The van der Waals surface area contributed by atoms with Crippen LogP contribution in [0.1, 0.15) is 57.4 Å². The Bertz CT molecular complexity index is 4310. The third-order valence-electron chi connectivity index (χ3n) is 13.2. The number of pyridine rings is 3. The molecule has 0 aliphatic heterocycles. The fourth-order valence-corrected chi connectivity index (χ4v) is 9.12. The highest BCUT2D eigenvalue weighted by Crippen LogP contribution is 2.33. The lowest BCUT2D eigenvalue weighted by Crippen LogP contribution is -2.14. The summed E-state index contributed by atoms with van der Waals surface area (Å²) in [6.07, 6.45) is 21.3. The van der Waals surface area contributed by atoms with Gasteiger partial charge in [-0.15, -0.1) is 0 Å². The minimum absolute atomic E-state index is 0.178. The molecule has 0 bridgehead atoms. The largest absolute Gasteiger partial charge is 0.364 e. The first-order chi connectivity index (χ1) is 37.8. The van der Waals surface area contributed by atoms with E-state index in [4.69, 9.17) is 27.2 Å². The van der Waals surface area contributed by atoms with Gasteiger partial charge in [-0.25, -0.2) is 29.9 Å². The molecule has 0 atom stereocenters. The summed E-state index contributed by atoms with van der Waals surface area (Å²) in [7, 11) is 12.9. The van der Waals surface area contributed by atoms with Crippen LogP contribution >= 0.6 is 0 Å². The van der Waals surface area contributed by atoms with Crippen molar-refractivity contribution < 1.29 is 14.4 Å². The van der Waals surface area contributed by atoms with Gasteiger partial charge in [0.05, 0.1) is 70.3 Å². The fraction of sp³-hybridized carbons (Fsp3) is 0.250. The van der Waals surface area contributed by atoms with E-state index in [1.807, 2.05) is 116 Å². The Morgan fingerprint density at radius 2 is 0.873 bits per heavy atom. The van der Waals surface area contributed by atoms with Gasteiger partial charge in [-0.2, -0.15) is 30.6 Å². The van der Waals surface area contributed by atoms with Crippen molar-refractivity contribution in [1.29, 1.82) is 0 Å². The van der Waals surface area contributed by atoms with Gasteiger partial charge in [0.1, 0.15) is 34.2 Å². The number of nitrogens with two attached hydrogens (primary N) is 3. The summed E-state index contributed by atoms with van der Waals surface area (Å²) in [5, 5.41) is 28.3. The van der Waals surface area contributed by atoms with Crippen molar-refractivity contribution in [3.05, 3.63) is 109 Å². The number of amides is 3. The van der Waals surface area contributed by atoms with Gasteiger partial charge >= 0.3 is 0 Å². The van der Waals surface area contributed by atoms with Crippen LogP contribution in [-0.2, 0) is 62.4 Å². The minimum Gasteiger partial charge on any atom is -0.364 e. The van der Waals surface area contributed by atoms with E-state index < -0.39 is 17.7 Å². The summed E-state index contributed by atoms with van der Waals surface area (Å²) in [6, 6.07) is 4.93. The first-order valence-corrected chi connectivity index (χ1v) is 24.9. The number of imidazole rings is 3. The van der Waals surface area contributed by atoms with Crippen LogP contribution < -0.4 is 17.2 Å². The number of rotatable bonds is 12. The second-order valence-corrected chi connectivity index (χ2v) is 18.8. The first kappa shape index (κ1) is 52.0. The molecular weight excluding hydrogens is 1010 g/mol. The van der Waals surface area contributed by atoms with Crippen LogP contribution in [0.4, 0.5) is 0 Å². The van der Waals surface area contributed by atoms with Crippen molar-refractivity contribution in [3.8, 4) is 68.3 Å². The normalized spacial score (nSPS) is 11.4. The van der Waals surface area contributed by atoms with Crippen LogP contribution in [0.2, 0.25) is 0 Å². The van der Waals surface area contributed by atoms with Crippen LogP contribution in [0.5, 0.6) is 0 Å². The SMILES string of the molecule is CCCn1cc(-c2cn(C)c(-c3nc(C(N)=O)cc4c3cnn4C)n2)cn1.CCn1cc(-c2cn(C)c(-c3nc(C(N)=O)cc4c3cnn4C)n2)c(C)n1.Cn1cc(-c2cn(C)c(-c3nc(C(N)=O)cc4c3cnn4C)n2)cn1. The summed E-state index contributed by atoms with van der Waals surface area (Å²) in [5.41, 5.74) is 27.0.